The SMILES string of the molecule is Cl.O=C(c1ccccc1COc1ccccc1)N1CCC2CCC(C1)N2. The summed E-state index contributed by atoms with van der Waals surface area (Å²) in [4.78, 5) is 15.1. The Balaban J connectivity index is 0.00000196. The Morgan fingerprint density at radius 2 is 1.73 bits per heavy atom. The number of para-hydroxylation sites is 1. The molecular formula is C21H25ClN2O2. The summed E-state index contributed by atoms with van der Waals surface area (Å²) < 4.78 is 5.86. The van der Waals surface area contributed by atoms with Crippen LogP contribution in [-0.2, 0) is 6.61 Å². The standard InChI is InChI=1S/C21H24N2O2.ClH/c24-21(23-13-12-17-10-11-18(14-23)22-17)20-9-5-4-6-16(20)15-25-19-7-2-1-3-8-19;/h1-9,17-18,22H,10-15H2;1H. The van der Waals surface area contributed by atoms with Crippen LogP contribution in [0.15, 0.2) is 54.6 Å². The Labute approximate surface area is 160 Å². The second-order valence-electron chi connectivity index (χ2n) is 6.94. The molecule has 2 aromatic carbocycles. The van der Waals surface area contributed by atoms with E-state index >= 15 is 0 Å². The van der Waals surface area contributed by atoms with Gasteiger partial charge in [0.15, 0.2) is 0 Å². The average molecular weight is 373 g/mol. The summed E-state index contributed by atoms with van der Waals surface area (Å²) in [6, 6.07) is 18.6. The molecule has 4 rings (SSSR count). The third kappa shape index (κ3) is 4.19. The van der Waals surface area contributed by atoms with Crippen molar-refractivity contribution in [2.45, 2.75) is 38.0 Å². The molecule has 0 spiro atoms. The fourth-order valence-corrected chi connectivity index (χ4v) is 3.83. The summed E-state index contributed by atoms with van der Waals surface area (Å²) in [5, 5.41) is 3.63. The van der Waals surface area contributed by atoms with Gasteiger partial charge >= 0.3 is 0 Å². The molecule has 0 saturated carbocycles. The summed E-state index contributed by atoms with van der Waals surface area (Å²) in [5.41, 5.74) is 1.70. The first-order valence-electron chi connectivity index (χ1n) is 9.10. The topological polar surface area (TPSA) is 41.6 Å². The number of nitrogens with zero attached hydrogens (tertiary/aromatic N) is 1. The fourth-order valence-electron chi connectivity index (χ4n) is 3.83. The number of fused-ring (bicyclic) bond motifs is 2. The zero-order valence-electron chi connectivity index (χ0n) is 14.8. The van der Waals surface area contributed by atoms with Gasteiger partial charge in [0.1, 0.15) is 12.4 Å². The first-order chi connectivity index (χ1) is 12.3. The minimum Gasteiger partial charge on any atom is -0.489 e. The number of carbonyl (C=O) groups is 1. The lowest BCUT2D eigenvalue weighted by Gasteiger charge is -2.25. The molecule has 2 saturated heterocycles. The van der Waals surface area contributed by atoms with Crippen molar-refractivity contribution < 1.29 is 9.53 Å². The molecule has 2 aliphatic heterocycles. The molecule has 2 heterocycles. The molecular weight excluding hydrogens is 348 g/mol. The smallest absolute Gasteiger partial charge is 0.254 e. The maximum atomic E-state index is 13.1. The molecule has 138 valence electrons. The summed E-state index contributed by atoms with van der Waals surface area (Å²) in [6.07, 6.45) is 3.46. The van der Waals surface area contributed by atoms with E-state index in [-0.39, 0.29) is 18.3 Å². The normalized spacial score (nSPS) is 21.6. The minimum atomic E-state index is 0. The molecule has 2 atom stereocenters. The van der Waals surface area contributed by atoms with Crippen LogP contribution in [0, 0.1) is 0 Å². The van der Waals surface area contributed by atoms with Crippen molar-refractivity contribution in [2.24, 2.45) is 0 Å². The van der Waals surface area contributed by atoms with Crippen molar-refractivity contribution in [3.05, 3.63) is 65.7 Å². The van der Waals surface area contributed by atoms with Gasteiger partial charge in [-0.25, -0.2) is 0 Å². The zero-order chi connectivity index (χ0) is 17.1. The van der Waals surface area contributed by atoms with Gasteiger partial charge < -0.3 is 15.0 Å². The van der Waals surface area contributed by atoms with Crippen LogP contribution < -0.4 is 10.1 Å². The summed E-state index contributed by atoms with van der Waals surface area (Å²) in [6.45, 7) is 2.05. The molecule has 2 fully saturated rings. The number of likely N-dealkylation sites (tertiary alicyclic amines) is 1. The number of ether oxygens (including phenoxy) is 1. The number of nitrogens with one attached hydrogen (secondary N) is 1. The molecule has 0 aliphatic carbocycles. The van der Waals surface area contributed by atoms with E-state index in [2.05, 4.69) is 5.32 Å². The van der Waals surface area contributed by atoms with Crippen molar-refractivity contribution in [1.82, 2.24) is 10.2 Å². The third-order valence-corrected chi connectivity index (χ3v) is 5.20. The molecule has 4 nitrogen and oxygen atoms in total. The Hall–Kier alpha value is -2.04. The van der Waals surface area contributed by atoms with Crippen LogP contribution >= 0.6 is 12.4 Å². The van der Waals surface area contributed by atoms with Crippen molar-refractivity contribution in [3.63, 3.8) is 0 Å². The van der Waals surface area contributed by atoms with E-state index in [4.69, 9.17) is 4.74 Å². The number of hydrogen-bond donors (Lipinski definition) is 1. The summed E-state index contributed by atoms with van der Waals surface area (Å²) in [7, 11) is 0. The lowest BCUT2D eigenvalue weighted by atomic mass is 10.0. The van der Waals surface area contributed by atoms with E-state index in [1.165, 1.54) is 12.8 Å². The van der Waals surface area contributed by atoms with Gasteiger partial charge in [-0.05, 0) is 37.5 Å². The lowest BCUT2D eigenvalue weighted by Crippen LogP contribution is -2.39. The van der Waals surface area contributed by atoms with Crippen molar-refractivity contribution in [1.29, 1.82) is 0 Å². The highest BCUT2D eigenvalue weighted by Gasteiger charge is 2.31. The number of carbonyl (C=O) groups excluding carboxylic acids is 1. The van der Waals surface area contributed by atoms with Gasteiger partial charge in [-0.2, -0.15) is 0 Å². The molecule has 2 bridgehead atoms. The molecule has 0 radical (unpaired) electrons. The predicted molar refractivity (Wildman–Crippen MR) is 105 cm³/mol. The highest BCUT2D eigenvalue weighted by atomic mass is 35.5. The van der Waals surface area contributed by atoms with Gasteiger partial charge in [-0.15, -0.1) is 12.4 Å². The highest BCUT2D eigenvalue weighted by molar-refractivity contribution is 5.95. The Morgan fingerprint density at radius 3 is 2.58 bits per heavy atom. The van der Waals surface area contributed by atoms with Crippen LogP contribution in [0.2, 0.25) is 0 Å². The molecule has 5 heteroatoms. The molecule has 2 aliphatic rings. The summed E-state index contributed by atoms with van der Waals surface area (Å²) >= 11 is 0. The van der Waals surface area contributed by atoms with Gasteiger partial charge in [-0.3, -0.25) is 4.79 Å². The van der Waals surface area contributed by atoms with Crippen LogP contribution in [0.3, 0.4) is 0 Å². The molecule has 2 unspecified atom stereocenters. The maximum Gasteiger partial charge on any atom is 0.254 e. The zero-order valence-corrected chi connectivity index (χ0v) is 15.6. The molecule has 0 aromatic heterocycles. The lowest BCUT2D eigenvalue weighted by molar-refractivity contribution is 0.0745. The first kappa shape index (κ1) is 18.7. The van der Waals surface area contributed by atoms with Gasteiger partial charge in [0.05, 0.1) is 0 Å². The van der Waals surface area contributed by atoms with Crippen LogP contribution in [-0.4, -0.2) is 36.0 Å². The first-order valence-corrected chi connectivity index (χ1v) is 9.10. The maximum absolute atomic E-state index is 13.1. The molecule has 1 N–H and O–H groups in total. The summed E-state index contributed by atoms with van der Waals surface area (Å²) in [5.74, 6) is 0.947. The number of amides is 1. The van der Waals surface area contributed by atoms with Crippen LogP contribution in [0.1, 0.15) is 35.2 Å². The van der Waals surface area contributed by atoms with Gasteiger partial charge in [0.25, 0.3) is 5.91 Å². The number of benzene rings is 2. The molecule has 26 heavy (non-hydrogen) atoms. The van der Waals surface area contributed by atoms with Crippen molar-refractivity contribution in [3.8, 4) is 5.75 Å². The number of hydrogen-bond acceptors (Lipinski definition) is 3. The van der Waals surface area contributed by atoms with E-state index < -0.39 is 0 Å². The van der Waals surface area contributed by atoms with E-state index in [1.807, 2.05) is 59.5 Å². The van der Waals surface area contributed by atoms with Gasteiger partial charge in [-0.1, -0.05) is 36.4 Å². The van der Waals surface area contributed by atoms with Gasteiger partial charge in [0, 0.05) is 36.3 Å². The van der Waals surface area contributed by atoms with Crippen LogP contribution in [0.25, 0.3) is 0 Å². The second kappa shape index (κ2) is 8.56. The number of rotatable bonds is 4. The van der Waals surface area contributed by atoms with E-state index in [9.17, 15) is 4.79 Å². The van der Waals surface area contributed by atoms with E-state index in [0.717, 1.165) is 36.4 Å². The minimum absolute atomic E-state index is 0. The third-order valence-electron chi connectivity index (χ3n) is 5.20. The monoisotopic (exact) mass is 372 g/mol. The Morgan fingerprint density at radius 1 is 1.00 bits per heavy atom. The fraction of sp³-hybridized carbons (Fsp3) is 0.381. The van der Waals surface area contributed by atoms with E-state index in [1.54, 1.807) is 0 Å². The quantitative estimate of drug-likeness (QED) is 0.890. The van der Waals surface area contributed by atoms with Crippen LogP contribution in [0.5, 0.6) is 5.75 Å². The molecule has 2 aromatic rings. The van der Waals surface area contributed by atoms with E-state index in [0.29, 0.717) is 18.7 Å². The highest BCUT2D eigenvalue weighted by Crippen LogP contribution is 2.23. The van der Waals surface area contributed by atoms with Crippen molar-refractivity contribution >= 4 is 18.3 Å². The van der Waals surface area contributed by atoms with Crippen molar-refractivity contribution in [2.75, 3.05) is 13.1 Å². The Bertz CT molecular complexity index is 738. The second-order valence-corrected chi connectivity index (χ2v) is 6.94. The number of halogens is 1. The largest absolute Gasteiger partial charge is 0.489 e. The van der Waals surface area contributed by atoms with Crippen LogP contribution in [0.4, 0.5) is 0 Å². The average Bonchev–Trinajstić information content (AvgIpc) is 2.99. The Kier molecular flexibility index (Phi) is 6.17. The molecule has 1 amide bonds. The predicted octanol–water partition coefficient (Wildman–Crippen LogP) is 3.65. The van der Waals surface area contributed by atoms with Gasteiger partial charge in [0.2, 0.25) is 0 Å².